The Kier molecular flexibility index (Phi) is 5.73. The highest BCUT2D eigenvalue weighted by atomic mass is 35.5. The van der Waals surface area contributed by atoms with E-state index in [-0.39, 0.29) is 11.8 Å². The predicted molar refractivity (Wildman–Crippen MR) is 129 cm³/mol. The average Bonchev–Trinajstić information content (AvgIpc) is 3.40. The molecule has 0 saturated carbocycles. The number of aryl methyl sites for hydroxylation is 1. The summed E-state index contributed by atoms with van der Waals surface area (Å²) in [6.45, 7) is 2.98. The van der Waals surface area contributed by atoms with Gasteiger partial charge in [0, 0.05) is 36.8 Å². The zero-order valence-electron chi connectivity index (χ0n) is 18.1. The summed E-state index contributed by atoms with van der Waals surface area (Å²) in [5.41, 5.74) is 2.99. The SMILES string of the molecule is CCCCN(C)C(=O)[C@H]1CCc2c(sc3ncnc(Nc4cc5ccnn5cc4Cl)c23)C1. The van der Waals surface area contributed by atoms with Gasteiger partial charge in [0.1, 0.15) is 17.0 Å². The zero-order valence-corrected chi connectivity index (χ0v) is 19.7. The molecule has 0 bridgehead atoms. The van der Waals surface area contributed by atoms with E-state index in [1.165, 1.54) is 10.4 Å². The molecule has 0 unspecified atom stereocenters. The number of hydrogen-bond acceptors (Lipinski definition) is 6. The molecule has 5 rings (SSSR count). The Morgan fingerprint density at radius 2 is 2.28 bits per heavy atom. The van der Waals surface area contributed by atoms with E-state index in [9.17, 15) is 4.79 Å². The molecule has 4 aromatic rings. The van der Waals surface area contributed by atoms with Crippen LogP contribution in [0.1, 0.15) is 36.6 Å². The number of rotatable bonds is 6. The Bertz CT molecular complexity index is 1300. The van der Waals surface area contributed by atoms with Crippen LogP contribution in [0, 0.1) is 5.92 Å². The first-order valence-corrected chi connectivity index (χ1v) is 12.1. The first kappa shape index (κ1) is 21.2. The van der Waals surface area contributed by atoms with Crippen molar-refractivity contribution in [1.29, 1.82) is 0 Å². The summed E-state index contributed by atoms with van der Waals surface area (Å²) in [5.74, 6) is 1.05. The number of unbranched alkanes of at least 4 members (excludes halogenated alkanes) is 1. The number of nitrogens with one attached hydrogen (secondary N) is 1. The molecule has 7 nitrogen and oxygen atoms in total. The minimum Gasteiger partial charge on any atom is -0.346 e. The fraction of sp³-hybridized carbons (Fsp3) is 0.391. The third kappa shape index (κ3) is 3.82. The number of hydrogen-bond donors (Lipinski definition) is 1. The lowest BCUT2D eigenvalue weighted by Gasteiger charge is -2.26. The minimum atomic E-state index is 0.0421. The van der Waals surface area contributed by atoms with Crippen LogP contribution in [-0.4, -0.2) is 44.0 Å². The molecular formula is C23H25ClN6OS. The van der Waals surface area contributed by atoms with Crippen LogP contribution >= 0.6 is 22.9 Å². The highest BCUT2D eigenvalue weighted by molar-refractivity contribution is 7.19. The summed E-state index contributed by atoms with van der Waals surface area (Å²) < 4.78 is 1.74. The molecule has 9 heteroatoms. The van der Waals surface area contributed by atoms with Crippen LogP contribution in [-0.2, 0) is 17.6 Å². The highest BCUT2D eigenvalue weighted by Crippen LogP contribution is 2.41. The maximum absolute atomic E-state index is 12.9. The summed E-state index contributed by atoms with van der Waals surface area (Å²) >= 11 is 8.17. The van der Waals surface area contributed by atoms with E-state index in [0.29, 0.717) is 5.02 Å². The van der Waals surface area contributed by atoms with E-state index in [1.54, 1.807) is 34.6 Å². The van der Waals surface area contributed by atoms with Gasteiger partial charge < -0.3 is 10.2 Å². The van der Waals surface area contributed by atoms with Gasteiger partial charge in [-0.2, -0.15) is 5.10 Å². The van der Waals surface area contributed by atoms with Crippen molar-refractivity contribution < 1.29 is 4.79 Å². The van der Waals surface area contributed by atoms with Gasteiger partial charge in [-0.3, -0.25) is 4.79 Å². The number of amides is 1. The highest BCUT2D eigenvalue weighted by Gasteiger charge is 2.30. The molecule has 0 radical (unpaired) electrons. The molecule has 0 aliphatic heterocycles. The van der Waals surface area contributed by atoms with Crippen molar-refractivity contribution in [3.63, 3.8) is 0 Å². The number of anilines is 2. The van der Waals surface area contributed by atoms with Gasteiger partial charge in [0.25, 0.3) is 0 Å². The molecule has 4 aromatic heterocycles. The van der Waals surface area contributed by atoms with Crippen LogP contribution in [0.2, 0.25) is 5.02 Å². The smallest absolute Gasteiger partial charge is 0.225 e. The van der Waals surface area contributed by atoms with E-state index in [2.05, 4.69) is 27.3 Å². The van der Waals surface area contributed by atoms with Crippen molar-refractivity contribution in [1.82, 2.24) is 24.5 Å². The van der Waals surface area contributed by atoms with Gasteiger partial charge in [0.2, 0.25) is 5.91 Å². The number of pyridine rings is 1. The van der Waals surface area contributed by atoms with Gasteiger partial charge in [-0.05, 0) is 43.4 Å². The number of carbonyl (C=O) groups excluding carboxylic acids is 1. The molecule has 0 spiro atoms. The Morgan fingerprint density at radius 3 is 3.12 bits per heavy atom. The van der Waals surface area contributed by atoms with Crippen LogP contribution in [0.5, 0.6) is 0 Å². The van der Waals surface area contributed by atoms with Gasteiger partial charge in [0.15, 0.2) is 0 Å². The maximum atomic E-state index is 12.9. The quantitative estimate of drug-likeness (QED) is 0.426. The first-order valence-electron chi connectivity index (χ1n) is 10.9. The molecule has 166 valence electrons. The second-order valence-corrected chi connectivity index (χ2v) is 9.81. The molecule has 1 amide bonds. The van der Waals surface area contributed by atoms with E-state index in [4.69, 9.17) is 11.6 Å². The average molecular weight is 469 g/mol. The Labute approximate surface area is 195 Å². The number of carbonyl (C=O) groups is 1. The molecule has 1 aliphatic rings. The van der Waals surface area contributed by atoms with Crippen LogP contribution in [0.3, 0.4) is 0 Å². The minimum absolute atomic E-state index is 0.0421. The zero-order chi connectivity index (χ0) is 22.2. The summed E-state index contributed by atoms with van der Waals surface area (Å²) in [6.07, 6.45) is 9.72. The molecule has 0 saturated heterocycles. The van der Waals surface area contributed by atoms with Gasteiger partial charge in [-0.1, -0.05) is 24.9 Å². The number of aromatic nitrogens is 4. The van der Waals surface area contributed by atoms with Crippen molar-refractivity contribution in [2.24, 2.45) is 5.92 Å². The number of nitrogens with zero attached hydrogens (tertiary/aromatic N) is 5. The van der Waals surface area contributed by atoms with E-state index in [1.807, 2.05) is 24.1 Å². The fourth-order valence-corrected chi connectivity index (χ4v) is 5.86. The Balaban J connectivity index is 1.44. The third-order valence-electron chi connectivity index (χ3n) is 6.16. The second kappa shape index (κ2) is 8.67. The molecule has 0 fully saturated rings. The van der Waals surface area contributed by atoms with Crippen molar-refractivity contribution in [2.45, 2.75) is 39.0 Å². The van der Waals surface area contributed by atoms with Gasteiger partial charge >= 0.3 is 0 Å². The topological polar surface area (TPSA) is 75.4 Å². The molecule has 1 aliphatic carbocycles. The molecular weight excluding hydrogens is 444 g/mol. The maximum Gasteiger partial charge on any atom is 0.225 e. The van der Waals surface area contributed by atoms with Crippen LogP contribution in [0.25, 0.3) is 15.7 Å². The Morgan fingerprint density at radius 1 is 1.41 bits per heavy atom. The first-order chi connectivity index (χ1) is 15.5. The molecule has 4 heterocycles. The van der Waals surface area contributed by atoms with E-state index >= 15 is 0 Å². The van der Waals surface area contributed by atoms with Gasteiger partial charge in [-0.15, -0.1) is 11.3 Å². The summed E-state index contributed by atoms with van der Waals surface area (Å²) in [5, 5.41) is 9.25. The summed E-state index contributed by atoms with van der Waals surface area (Å²) in [4.78, 5) is 26.1. The van der Waals surface area contributed by atoms with Crippen molar-refractivity contribution in [3.05, 3.63) is 46.3 Å². The summed E-state index contributed by atoms with van der Waals surface area (Å²) in [6, 6.07) is 3.89. The van der Waals surface area contributed by atoms with Gasteiger partial charge in [0.05, 0.1) is 21.6 Å². The Hall–Kier alpha value is -2.71. The number of halogens is 1. The van der Waals surface area contributed by atoms with E-state index in [0.717, 1.165) is 65.9 Å². The predicted octanol–water partition coefficient (Wildman–Crippen LogP) is 5.10. The lowest BCUT2D eigenvalue weighted by Crippen LogP contribution is -2.36. The standard InChI is InChI=1S/C23H25ClN6OS/c1-3-4-9-29(2)23(31)14-5-6-16-19(10-14)32-22-20(16)21(25-13-26-22)28-18-11-15-7-8-27-30(15)12-17(18)24/h7-8,11-14H,3-6,9-10H2,1-2H3,(H,25,26,28)/t14-/m0/s1. The van der Waals surface area contributed by atoms with Crippen molar-refractivity contribution in [2.75, 3.05) is 18.9 Å². The van der Waals surface area contributed by atoms with Crippen LogP contribution in [0.15, 0.2) is 30.9 Å². The third-order valence-corrected chi connectivity index (χ3v) is 7.62. The molecule has 1 N–H and O–H groups in total. The second-order valence-electron chi connectivity index (χ2n) is 8.32. The lowest BCUT2D eigenvalue weighted by atomic mass is 9.87. The van der Waals surface area contributed by atoms with Crippen LogP contribution < -0.4 is 5.32 Å². The van der Waals surface area contributed by atoms with Crippen LogP contribution in [0.4, 0.5) is 11.5 Å². The van der Waals surface area contributed by atoms with E-state index < -0.39 is 0 Å². The van der Waals surface area contributed by atoms with Crippen molar-refractivity contribution >= 4 is 56.1 Å². The molecule has 1 atom stereocenters. The number of thiophene rings is 1. The normalized spacial score (nSPS) is 15.8. The molecule has 0 aromatic carbocycles. The lowest BCUT2D eigenvalue weighted by molar-refractivity contribution is -0.134. The largest absolute Gasteiger partial charge is 0.346 e. The number of fused-ring (bicyclic) bond motifs is 4. The molecule has 32 heavy (non-hydrogen) atoms. The van der Waals surface area contributed by atoms with Crippen molar-refractivity contribution in [3.8, 4) is 0 Å². The monoisotopic (exact) mass is 468 g/mol. The fourth-order valence-electron chi connectivity index (χ4n) is 4.40. The summed E-state index contributed by atoms with van der Waals surface area (Å²) in [7, 11) is 1.92. The van der Waals surface area contributed by atoms with Gasteiger partial charge in [-0.25, -0.2) is 14.5 Å².